The molecule has 1 aromatic carbocycles. The van der Waals surface area contributed by atoms with Gasteiger partial charge < -0.3 is 10.6 Å². The van der Waals surface area contributed by atoms with Crippen LogP contribution in [-0.2, 0) is 12.6 Å². The van der Waals surface area contributed by atoms with E-state index in [9.17, 15) is 17.6 Å². The first-order valence-electron chi connectivity index (χ1n) is 10.5. The van der Waals surface area contributed by atoms with Crippen LogP contribution in [0.2, 0.25) is 0 Å². The maximum Gasteiger partial charge on any atom is 0.435 e. The zero-order chi connectivity index (χ0) is 24.0. The van der Waals surface area contributed by atoms with E-state index in [0.29, 0.717) is 58.2 Å². The average Bonchev–Trinajstić information content (AvgIpc) is 3.44. The highest BCUT2D eigenvalue weighted by molar-refractivity contribution is 5.91. The number of halogens is 4. The summed E-state index contributed by atoms with van der Waals surface area (Å²) in [5.74, 6) is -0.0716. The second-order valence-electron chi connectivity index (χ2n) is 7.72. The average molecular weight is 469 g/mol. The number of alkyl halides is 3. The Morgan fingerprint density at radius 2 is 1.82 bits per heavy atom. The van der Waals surface area contributed by atoms with Crippen LogP contribution in [0, 0.1) is 5.82 Å². The Labute approximate surface area is 191 Å². The lowest BCUT2D eigenvalue weighted by atomic mass is 9.99. The smallest absolute Gasteiger partial charge is 0.385 e. The number of nitrogens with one attached hydrogen (secondary N) is 2. The van der Waals surface area contributed by atoms with Gasteiger partial charge in [-0.15, -0.1) is 0 Å². The first kappa shape index (κ1) is 21.8. The molecule has 0 radical (unpaired) electrons. The lowest BCUT2D eigenvalue weighted by molar-refractivity contribution is -0.141. The van der Waals surface area contributed by atoms with Gasteiger partial charge in [-0.25, -0.2) is 19.0 Å². The number of hydrogen-bond donors (Lipinski definition) is 2. The zero-order valence-electron chi connectivity index (χ0n) is 18.2. The molecular weight excluding hydrogens is 450 g/mol. The molecule has 1 aliphatic carbocycles. The summed E-state index contributed by atoms with van der Waals surface area (Å²) >= 11 is 0. The van der Waals surface area contributed by atoms with Crippen LogP contribution >= 0.6 is 0 Å². The molecule has 0 aliphatic heterocycles. The molecular formula is C23H19F4N7. The number of aromatic nitrogens is 5. The van der Waals surface area contributed by atoms with Crippen LogP contribution in [0.25, 0.3) is 27.9 Å². The molecule has 0 atom stereocenters. The van der Waals surface area contributed by atoms with E-state index in [1.54, 1.807) is 25.6 Å². The third-order valence-corrected chi connectivity index (χ3v) is 5.62. The zero-order valence-corrected chi connectivity index (χ0v) is 18.2. The molecule has 34 heavy (non-hydrogen) atoms. The summed E-state index contributed by atoms with van der Waals surface area (Å²) in [6, 6.07) is 3.70. The summed E-state index contributed by atoms with van der Waals surface area (Å²) < 4.78 is 55.8. The molecule has 0 bridgehead atoms. The van der Waals surface area contributed by atoms with E-state index in [4.69, 9.17) is 0 Å². The fourth-order valence-electron chi connectivity index (χ4n) is 4.17. The first-order valence-corrected chi connectivity index (χ1v) is 10.5. The van der Waals surface area contributed by atoms with Crippen LogP contribution in [0.5, 0.6) is 0 Å². The molecule has 4 aromatic rings. The largest absolute Gasteiger partial charge is 0.435 e. The maximum absolute atomic E-state index is 14.6. The van der Waals surface area contributed by atoms with Gasteiger partial charge in [0.1, 0.15) is 5.82 Å². The minimum Gasteiger partial charge on any atom is -0.385 e. The second-order valence-corrected chi connectivity index (χ2v) is 7.72. The first-order chi connectivity index (χ1) is 16.3. The fraction of sp³-hybridized carbons (Fsp3) is 0.217. The molecule has 0 amide bonds. The van der Waals surface area contributed by atoms with Crippen molar-refractivity contribution < 1.29 is 17.6 Å². The second kappa shape index (κ2) is 8.08. The Balaban J connectivity index is 1.79. The monoisotopic (exact) mass is 469 g/mol. The SMILES string of the molecule is CCNc1cc(F)cc2c1Cc1ncc(-c3cnc(NC)nc3)c(-n3ccc(C(F)(F)F)n3)c1-2. The molecule has 0 unspecified atom stereocenters. The highest BCUT2D eigenvalue weighted by atomic mass is 19.4. The number of anilines is 2. The lowest BCUT2D eigenvalue weighted by Crippen LogP contribution is -2.09. The number of nitrogens with zero attached hydrogens (tertiary/aromatic N) is 5. The molecule has 174 valence electrons. The van der Waals surface area contributed by atoms with E-state index >= 15 is 0 Å². The van der Waals surface area contributed by atoms with Crippen molar-refractivity contribution in [3.8, 4) is 27.9 Å². The van der Waals surface area contributed by atoms with Gasteiger partial charge in [0.05, 0.1) is 11.4 Å². The van der Waals surface area contributed by atoms with Gasteiger partial charge in [-0.2, -0.15) is 18.3 Å². The Kier molecular flexibility index (Phi) is 5.18. The number of hydrogen-bond acceptors (Lipinski definition) is 6. The molecule has 7 nitrogen and oxygen atoms in total. The van der Waals surface area contributed by atoms with Crippen LogP contribution in [0.15, 0.2) is 43.0 Å². The van der Waals surface area contributed by atoms with E-state index in [0.717, 1.165) is 16.3 Å². The van der Waals surface area contributed by atoms with Crippen LogP contribution in [0.4, 0.5) is 29.2 Å². The third-order valence-electron chi connectivity index (χ3n) is 5.62. The highest BCUT2D eigenvalue weighted by Gasteiger charge is 2.35. The van der Waals surface area contributed by atoms with Crippen molar-refractivity contribution >= 4 is 11.6 Å². The number of benzene rings is 1. The van der Waals surface area contributed by atoms with Crippen molar-refractivity contribution in [1.29, 1.82) is 0 Å². The fourth-order valence-corrected chi connectivity index (χ4v) is 4.17. The van der Waals surface area contributed by atoms with Crippen molar-refractivity contribution in [3.05, 3.63) is 65.8 Å². The van der Waals surface area contributed by atoms with Crippen molar-refractivity contribution in [2.75, 3.05) is 24.2 Å². The van der Waals surface area contributed by atoms with Crippen LogP contribution in [0.3, 0.4) is 0 Å². The van der Waals surface area contributed by atoms with Crippen molar-refractivity contribution in [3.63, 3.8) is 0 Å². The summed E-state index contributed by atoms with van der Waals surface area (Å²) in [7, 11) is 1.67. The summed E-state index contributed by atoms with van der Waals surface area (Å²) in [6.45, 7) is 2.49. The minimum absolute atomic E-state index is 0.355. The highest BCUT2D eigenvalue weighted by Crippen LogP contribution is 2.46. The van der Waals surface area contributed by atoms with Gasteiger partial charge in [0, 0.05) is 67.2 Å². The van der Waals surface area contributed by atoms with E-state index in [2.05, 4.69) is 30.7 Å². The van der Waals surface area contributed by atoms with E-state index < -0.39 is 17.7 Å². The van der Waals surface area contributed by atoms with Gasteiger partial charge in [-0.3, -0.25) is 4.98 Å². The van der Waals surface area contributed by atoms with E-state index in [1.165, 1.54) is 18.3 Å². The van der Waals surface area contributed by atoms with Crippen LogP contribution < -0.4 is 10.6 Å². The van der Waals surface area contributed by atoms with Crippen LogP contribution in [0.1, 0.15) is 23.9 Å². The quantitative estimate of drug-likeness (QED) is 0.356. The number of fused-ring (bicyclic) bond motifs is 3. The molecule has 0 fully saturated rings. The molecule has 0 spiro atoms. The van der Waals surface area contributed by atoms with Crippen molar-refractivity contribution in [2.45, 2.75) is 19.5 Å². The van der Waals surface area contributed by atoms with E-state index in [1.807, 2.05) is 6.92 Å². The summed E-state index contributed by atoms with van der Waals surface area (Å²) in [5, 5.41) is 9.79. The molecule has 2 N–H and O–H groups in total. The standard InChI is InChI=1S/C23H19F4N7/c1-3-29-17-7-13(24)6-15-14(17)8-18-20(15)21(34-5-4-19(33-34)23(25,26)27)16(11-30-18)12-9-31-22(28-2)32-10-12/h4-7,9-11,29H,3,8H2,1-2H3,(H,28,31,32). The predicted octanol–water partition coefficient (Wildman–Crippen LogP) is 4.93. The molecule has 5 rings (SSSR count). The van der Waals surface area contributed by atoms with Gasteiger partial charge in [-0.05, 0) is 36.2 Å². The van der Waals surface area contributed by atoms with E-state index in [-0.39, 0.29) is 0 Å². The Hall–Kier alpha value is -4.02. The minimum atomic E-state index is -4.61. The van der Waals surface area contributed by atoms with Crippen molar-refractivity contribution in [1.82, 2.24) is 24.7 Å². The van der Waals surface area contributed by atoms with Gasteiger partial charge in [-0.1, -0.05) is 0 Å². The van der Waals surface area contributed by atoms with Gasteiger partial charge in [0.2, 0.25) is 5.95 Å². The number of pyridine rings is 1. The molecule has 1 aliphatic rings. The molecule has 11 heteroatoms. The molecule has 3 aromatic heterocycles. The summed E-state index contributed by atoms with van der Waals surface area (Å²) in [6.07, 6.45) is 1.70. The summed E-state index contributed by atoms with van der Waals surface area (Å²) in [5.41, 5.74) is 3.49. The molecule has 0 saturated carbocycles. The molecule has 0 saturated heterocycles. The Bertz CT molecular complexity index is 1380. The normalized spacial score (nSPS) is 12.4. The lowest BCUT2D eigenvalue weighted by Gasteiger charge is -2.16. The summed E-state index contributed by atoms with van der Waals surface area (Å²) in [4.78, 5) is 13.0. The Morgan fingerprint density at radius 3 is 2.47 bits per heavy atom. The molecule has 3 heterocycles. The number of rotatable bonds is 5. The topological polar surface area (TPSA) is 80.5 Å². The van der Waals surface area contributed by atoms with Gasteiger partial charge in [0.25, 0.3) is 0 Å². The Morgan fingerprint density at radius 1 is 1.06 bits per heavy atom. The third kappa shape index (κ3) is 3.62. The van der Waals surface area contributed by atoms with Crippen LogP contribution in [-0.4, -0.2) is 38.3 Å². The van der Waals surface area contributed by atoms with Gasteiger partial charge in [0.15, 0.2) is 5.69 Å². The van der Waals surface area contributed by atoms with Crippen molar-refractivity contribution in [2.24, 2.45) is 0 Å². The van der Waals surface area contributed by atoms with Gasteiger partial charge >= 0.3 is 6.18 Å². The predicted molar refractivity (Wildman–Crippen MR) is 119 cm³/mol. The maximum atomic E-state index is 14.6.